The summed E-state index contributed by atoms with van der Waals surface area (Å²) in [6.45, 7) is 1.77. The van der Waals surface area contributed by atoms with Crippen LogP contribution in [0.1, 0.15) is 5.56 Å². The van der Waals surface area contributed by atoms with Crippen LogP contribution in [0, 0.1) is 12.7 Å². The van der Waals surface area contributed by atoms with Crippen molar-refractivity contribution in [2.75, 3.05) is 11.1 Å². The molecule has 0 fully saturated rings. The maximum absolute atomic E-state index is 13.1. The van der Waals surface area contributed by atoms with Gasteiger partial charge in [0, 0.05) is 5.56 Å². The zero-order valence-electron chi connectivity index (χ0n) is 9.04. The molecular weight excluding hydrogens is 243 g/mol. The molecule has 4 nitrogen and oxygen atoms in total. The Morgan fingerprint density at radius 2 is 2.12 bits per heavy atom. The van der Waals surface area contributed by atoms with E-state index in [4.69, 9.17) is 17.3 Å². The lowest BCUT2D eigenvalue weighted by Crippen LogP contribution is -2.02. The van der Waals surface area contributed by atoms with E-state index in [-0.39, 0.29) is 5.82 Å². The van der Waals surface area contributed by atoms with E-state index in [2.05, 4.69) is 15.3 Å². The predicted octanol–water partition coefficient (Wildman–Crippen LogP) is 2.90. The zero-order valence-corrected chi connectivity index (χ0v) is 9.79. The number of rotatable bonds is 2. The van der Waals surface area contributed by atoms with Crippen LogP contribution >= 0.6 is 11.6 Å². The summed E-state index contributed by atoms with van der Waals surface area (Å²) in [5, 5.41) is 3.32. The molecule has 0 atom stereocenters. The topological polar surface area (TPSA) is 63.8 Å². The summed E-state index contributed by atoms with van der Waals surface area (Å²) in [7, 11) is 0. The van der Waals surface area contributed by atoms with E-state index in [1.165, 1.54) is 24.5 Å². The van der Waals surface area contributed by atoms with E-state index in [0.29, 0.717) is 27.9 Å². The summed E-state index contributed by atoms with van der Waals surface area (Å²) in [6, 6.07) is 4.05. The molecule has 0 aliphatic rings. The van der Waals surface area contributed by atoms with Gasteiger partial charge in [-0.25, -0.2) is 14.4 Å². The third kappa shape index (κ3) is 2.45. The van der Waals surface area contributed by atoms with Crippen LogP contribution in [-0.4, -0.2) is 9.97 Å². The maximum atomic E-state index is 13.1. The first kappa shape index (κ1) is 11.6. The molecule has 1 heterocycles. The van der Waals surface area contributed by atoms with Gasteiger partial charge in [0.25, 0.3) is 0 Å². The van der Waals surface area contributed by atoms with Crippen molar-refractivity contribution in [3.05, 3.63) is 40.9 Å². The van der Waals surface area contributed by atoms with Gasteiger partial charge in [0.1, 0.15) is 23.8 Å². The molecule has 2 aromatic rings. The van der Waals surface area contributed by atoms with E-state index in [9.17, 15) is 4.39 Å². The summed E-state index contributed by atoms with van der Waals surface area (Å²) in [5.41, 5.74) is 6.77. The zero-order chi connectivity index (χ0) is 12.4. The lowest BCUT2D eigenvalue weighted by atomic mass is 10.2. The Morgan fingerprint density at radius 3 is 2.88 bits per heavy atom. The first-order valence-electron chi connectivity index (χ1n) is 4.87. The van der Waals surface area contributed by atoms with Gasteiger partial charge >= 0.3 is 0 Å². The molecule has 0 bridgehead atoms. The molecule has 17 heavy (non-hydrogen) atoms. The number of hydrogen-bond donors (Lipinski definition) is 2. The second-order valence-corrected chi connectivity index (χ2v) is 3.89. The van der Waals surface area contributed by atoms with Crippen molar-refractivity contribution in [2.45, 2.75) is 6.92 Å². The van der Waals surface area contributed by atoms with Crippen molar-refractivity contribution in [1.82, 2.24) is 9.97 Å². The standard InChI is InChI=1S/C11H10ClFN4/c1-6-10(14)15-5-16-11(6)17-9-4-7(13)2-3-8(9)12/h2-5H,1H3,(H3,14,15,16,17). The van der Waals surface area contributed by atoms with E-state index in [1.54, 1.807) is 6.92 Å². The number of nitrogens with one attached hydrogen (secondary N) is 1. The number of nitrogens with two attached hydrogens (primary N) is 1. The molecule has 0 aliphatic carbocycles. The Labute approximate surface area is 103 Å². The first-order valence-corrected chi connectivity index (χ1v) is 5.25. The molecule has 1 aromatic carbocycles. The lowest BCUT2D eigenvalue weighted by Gasteiger charge is -2.10. The first-order chi connectivity index (χ1) is 8.08. The van der Waals surface area contributed by atoms with Crippen molar-refractivity contribution < 1.29 is 4.39 Å². The highest BCUT2D eigenvalue weighted by Gasteiger charge is 2.07. The highest BCUT2D eigenvalue weighted by Crippen LogP contribution is 2.27. The summed E-state index contributed by atoms with van der Waals surface area (Å²) in [6.07, 6.45) is 1.33. The number of nitrogen functional groups attached to an aromatic ring is 1. The number of aromatic nitrogens is 2. The van der Waals surface area contributed by atoms with Crippen LogP contribution in [0.2, 0.25) is 5.02 Å². The Bertz CT molecular complexity index is 559. The molecule has 0 amide bonds. The fourth-order valence-electron chi connectivity index (χ4n) is 1.31. The van der Waals surface area contributed by atoms with E-state index in [1.807, 2.05) is 0 Å². The Kier molecular flexibility index (Phi) is 3.10. The molecule has 2 rings (SSSR count). The number of nitrogens with zero attached hydrogens (tertiary/aromatic N) is 2. The SMILES string of the molecule is Cc1c(N)ncnc1Nc1cc(F)ccc1Cl. The Balaban J connectivity index is 2.38. The smallest absolute Gasteiger partial charge is 0.138 e. The van der Waals surface area contributed by atoms with E-state index in [0.717, 1.165) is 0 Å². The molecule has 0 saturated carbocycles. The third-order valence-electron chi connectivity index (χ3n) is 2.30. The van der Waals surface area contributed by atoms with Crippen molar-refractivity contribution >= 4 is 28.9 Å². The number of hydrogen-bond acceptors (Lipinski definition) is 4. The van der Waals surface area contributed by atoms with E-state index < -0.39 is 0 Å². The van der Waals surface area contributed by atoms with Crippen LogP contribution in [0.5, 0.6) is 0 Å². The monoisotopic (exact) mass is 252 g/mol. The van der Waals surface area contributed by atoms with Crippen molar-refractivity contribution in [2.24, 2.45) is 0 Å². The van der Waals surface area contributed by atoms with Crippen molar-refractivity contribution in [3.63, 3.8) is 0 Å². The van der Waals surface area contributed by atoms with Crippen LogP contribution in [0.3, 0.4) is 0 Å². The van der Waals surface area contributed by atoms with Gasteiger partial charge < -0.3 is 11.1 Å². The van der Waals surface area contributed by atoms with Crippen LogP contribution in [-0.2, 0) is 0 Å². The van der Waals surface area contributed by atoms with Gasteiger partial charge in [-0.3, -0.25) is 0 Å². The minimum absolute atomic E-state index is 0.370. The molecule has 88 valence electrons. The van der Waals surface area contributed by atoms with Gasteiger partial charge in [-0.2, -0.15) is 0 Å². The fraction of sp³-hybridized carbons (Fsp3) is 0.0909. The number of benzene rings is 1. The van der Waals surface area contributed by atoms with Crippen LogP contribution < -0.4 is 11.1 Å². The maximum Gasteiger partial charge on any atom is 0.138 e. The molecule has 0 saturated heterocycles. The summed E-state index contributed by atoms with van der Waals surface area (Å²) < 4.78 is 13.1. The molecule has 0 unspecified atom stereocenters. The van der Waals surface area contributed by atoms with Crippen molar-refractivity contribution in [1.29, 1.82) is 0 Å². The highest BCUT2D eigenvalue weighted by atomic mass is 35.5. The predicted molar refractivity (Wildman–Crippen MR) is 65.9 cm³/mol. The van der Waals surface area contributed by atoms with E-state index >= 15 is 0 Å². The summed E-state index contributed by atoms with van der Waals surface area (Å²) >= 11 is 5.93. The second kappa shape index (κ2) is 4.55. The molecule has 1 aromatic heterocycles. The van der Waals surface area contributed by atoms with Crippen LogP contribution in [0.25, 0.3) is 0 Å². The number of halogens is 2. The normalized spacial score (nSPS) is 10.3. The molecule has 3 N–H and O–H groups in total. The third-order valence-corrected chi connectivity index (χ3v) is 2.63. The van der Waals surface area contributed by atoms with Crippen LogP contribution in [0.15, 0.2) is 24.5 Å². The summed E-state index contributed by atoms with van der Waals surface area (Å²) in [5.74, 6) is 0.497. The van der Waals surface area contributed by atoms with Gasteiger partial charge in [0.2, 0.25) is 0 Å². The molecule has 0 spiro atoms. The minimum Gasteiger partial charge on any atom is -0.383 e. The van der Waals surface area contributed by atoms with Gasteiger partial charge in [-0.1, -0.05) is 11.6 Å². The van der Waals surface area contributed by atoms with Gasteiger partial charge in [0.05, 0.1) is 10.7 Å². The largest absolute Gasteiger partial charge is 0.383 e. The van der Waals surface area contributed by atoms with Gasteiger partial charge in [0.15, 0.2) is 0 Å². The van der Waals surface area contributed by atoms with Gasteiger partial charge in [-0.15, -0.1) is 0 Å². The highest BCUT2D eigenvalue weighted by molar-refractivity contribution is 6.33. The average Bonchev–Trinajstić information content (AvgIpc) is 2.30. The van der Waals surface area contributed by atoms with Gasteiger partial charge in [-0.05, 0) is 25.1 Å². The summed E-state index contributed by atoms with van der Waals surface area (Å²) in [4.78, 5) is 7.86. The number of anilines is 3. The molecule has 6 heteroatoms. The minimum atomic E-state index is -0.378. The van der Waals surface area contributed by atoms with Crippen molar-refractivity contribution in [3.8, 4) is 0 Å². The second-order valence-electron chi connectivity index (χ2n) is 3.48. The Hall–Kier alpha value is -1.88. The lowest BCUT2D eigenvalue weighted by molar-refractivity contribution is 0.628. The quantitative estimate of drug-likeness (QED) is 0.863. The Morgan fingerprint density at radius 1 is 1.35 bits per heavy atom. The molecule has 0 aliphatic heterocycles. The fourth-order valence-corrected chi connectivity index (χ4v) is 1.48. The van der Waals surface area contributed by atoms with Crippen LogP contribution in [0.4, 0.5) is 21.7 Å². The molecular formula is C11H10ClFN4. The molecule has 0 radical (unpaired) electrons. The average molecular weight is 253 g/mol.